The fourth-order valence-electron chi connectivity index (χ4n) is 2.49. The summed E-state index contributed by atoms with van der Waals surface area (Å²) in [5, 5.41) is 26.3. The van der Waals surface area contributed by atoms with E-state index in [1.165, 1.54) is 12.1 Å². The highest BCUT2D eigenvalue weighted by atomic mass is 31.2. The number of carbonyl (C=O) groups excluding carboxylic acids is 1. The zero-order valence-corrected chi connectivity index (χ0v) is 14.7. The van der Waals surface area contributed by atoms with Gasteiger partial charge in [0, 0.05) is 6.54 Å². The summed E-state index contributed by atoms with van der Waals surface area (Å²) in [6.45, 7) is -0.299. The summed E-state index contributed by atoms with van der Waals surface area (Å²) >= 11 is 0. The van der Waals surface area contributed by atoms with Gasteiger partial charge in [0.2, 0.25) is 5.82 Å². The molecule has 1 aliphatic heterocycles. The summed E-state index contributed by atoms with van der Waals surface area (Å²) in [4.78, 5) is 24.6. The number of amides is 1. The lowest BCUT2D eigenvalue weighted by molar-refractivity contribution is -0.0430. The monoisotopic (exact) mass is 399 g/mol. The maximum absolute atomic E-state index is 12.1. The van der Waals surface area contributed by atoms with Crippen LogP contribution in [0.15, 0.2) is 36.7 Å². The molecule has 3 rings (SSSR count). The largest absolute Gasteiger partial charge is 0.456 e. The number of aromatic nitrogens is 3. The van der Waals surface area contributed by atoms with E-state index >= 15 is 0 Å². The normalized spacial score (nSPS) is 27.2. The SMILES string of the molecule is NC(=O)c1ncn(C2O[C@H](CNP(=O)(O)Oc3ccccc3)[C@@H](O)[C@H]2O)n1. The van der Waals surface area contributed by atoms with E-state index in [4.69, 9.17) is 15.0 Å². The van der Waals surface area contributed by atoms with Gasteiger partial charge in [0.25, 0.3) is 5.91 Å². The van der Waals surface area contributed by atoms with Crippen LogP contribution in [0.5, 0.6) is 5.75 Å². The average Bonchev–Trinajstić information content (AvgIpc) is 3.21. The molecule has 2 unspecified atom stereocenters. The number of benzene rings is 1. The molecule has 1 aromatic carbocycles. The Morgan fingerprint density at radius 2 is 2.04 bits per heavy atom. The fourth-order valence-corrected chi connectivity index (χ4v) is 3.37. The highest BCUT2D eigenvalue weighted by molar-refractivity contribution is 7.51. The molecule has 1 aromatic heterocycles. The van der Waals surface area contributed by atoms with Crippen LogP contribution in [0.3, 0.4) is 0 Å². The number of carbonyl (C=O) groups is 1. The molecule has 2 aromatic rings. The highest BCUT2D eigenvalue weighted by Crippen LogP contribution is 2.39. The standard InChI is InChI=1S/C14H18N5O7P/c15-12(22)13-16-7-19(18-13)14-11(21)10(20)9(25-14)6-17-27(23,24)26-8-4-2-1-3-5-8/h1-5,7,9-11,14,20-21H,6H2,(H2,15,22)(H2,17,23,24)/t9-,10-,11-,14?/m1/s1. The van der Waals surface area contributed by atoms with E-state index < -0.39 is 38.2 Å². The number of hydrogen-bond acceptors (Lipinski definition) is 8. The fraction of sp³-hybridized carbons (Fsp3) is 0.357. The summed E-state index contributed by atoms with van der Waals surface area (Å²) in [5.41, 5.74) is 5.06. The molecule has 0 bridgehead atoms. The summed E-state index contributed by atoms with van der Waals surface area (Å²) in [6, 6.07) is 8.01. The van der Waals surface area contributed by atoms with Crippen LogP contribution in [-0.4, -0.2) is 60.6 Å². The van der Waals surface area contributed by atoms with E-state index in [0.717, 1.165) is 11.0 Å². The van der Waals surface area contributed by atoms with Gasteiger partial charge in [-0.25, -0.2) is 19.3 Å². The predicted octanol–water partition coefficient (Wildman–Crippen LogP) is -1.23. The third-order valence-electron chi connectivity index (χ3n) is 3.79. The predicted molar refractivity (Wildman–Crippen MR) is 89.4 cm³/mol. The number of aliphatic hydroxyl groups is 2. The molecule has 0 aliphatic carbocycles. The Balaban J connectivity index is 1.62. The molecule has 5 atom stereocenters. The van der Waals surface area contributed by atoms with Gasteiger partial charge >= 0.3 is 7.75 Å². The quantitative estimate of drug-likeness (QED) is 0.353. The zero-order valence-electron chi connectivity index (χ0n) is 13.8. The van der Waals surface area contributed by atoms with E-state index in [1.54, 1.807) is 18.2 Å². The maximum Gasteiger partial charge on any atom is 0.456 e. The van der Waals surface area contributed by atoms with Crippen LogP contribution in [-0.2, 0) is 9.30 Å². The van der Waals surface area contributed by atoms with Crippen LogP contribution >= 0.6 is 7.75 Å². The van der Waals surface area contributed by atoms with Gasteiger partial charge in [0.1, 0.15) is 30.4 Å². The second-order valence-corrected chi connectivity index (χ2v) is 7.29. The highest BCUT2D eigenvalue weighted by Gasteiger charge is 2.45. The average molecular weight is 399 g/mol. The molecule has 1 aliphatic rings. The Hall–Kier alpha value is -2.34. The van der Waals surface area contributed by atoms with Crippen molar-refractivity contribution in [3.05, 3.63) is 42.5 Å². The molecule has 0 radical (unpaired) electrons. The van der Waals surface area contributed by atoms with Gasteiger partial charge in [-0.2, -0.15) is 0 Å². The molecule has 13 heteroatoms. The molecule has 27 heavy (non-hydrogen) atoms. The van der Waals surface area contributed by atoms with E-state index in [0.29, 0.717) is 0 Å². The minimum absolute atomic E-state index is 0.184. The lowest BCUT2D eigenvalue weighted by Gasteiger charge is -2.18. The first kappa shape index (κ1) is 19.4. The molecule has 146 valence electrons. The third kappa shape index (κ3) is 4.50. The van der Waals surface area contributed by atoms with Crippen molar-refractivity contribution in [1.82, 2.24) is 19.9 Å². The number of nitrogens with zero attached hydrogens (tertiary/aromatic N) is 3. The maximum atomic E-state index is 12.1. The number of primary amides is 1. The first-order valence-electron chi connectivity index (χ1n) is 7.82. The number of aliphatic hydroxyl groups excluding tert-OH is 2. The van der Waals surface area contributed by atoms with Crippen LogP contribution in [0.1, 0.15) is 16.8 Å². The Morgan fingerprint density at radius 1 is 1.33 bits per heavy atom. The molecule has 2 heterocycles. The number of hydrogen-bond donors (Lipinski definition) is 5. The van der Waals surface area contributed by atoms with Crippen LogP contribution in [0.4, 0.5) is 0 Å². The second kappa shape index (κ2) is 7.72. The smallest absolute Gasteiger partial charge is 0.413 e. The number of rotatable bonds is 7. The van der Waals surface area contributed by atoms with Gasteiger partial charge in [-0.1, -0.05) is 18.2 Å². The number of ether oxygens (including phenoxy) is 1. The molecule has 12 nitrogen and oxygen atoms in total. The lowest BCUT2D eigenvalue weighted by atomic mass is 10.1. The summed E-state index contributed by atoms with van der Waals surface area (Å²) in [7, 11) is -4.23. The summed E-state index contributed by atoms with van der Waals surface area (Å²) in [6.07, 6.45) is -3.88. The number of nitrogens with one attached hydrogen (secondary N) is 1. The first-order valence-corrected chi connectivity index (χ1v) is 9.40. The molecule has 6 N–H and O–H groups in total. The van der Waals surface area contributed by atoms with Crippen molar-refractivity contribution >= 4 is 13.7 Å². The van der Waals surface area contributed by atoms with Gasteiger partial charge < -0.3 is 30.1 Å². The van der Waals surface area contributed by atoms with Crippen molar-refractivity contribution in [2.75, 3.05) is 6.54 Å². The molecule has 0 spiro atoms. The Kier molecular flexibility index (Phi) is 5.56. The van der Waals surface area contributed by atoms with E-state index in [2.05, 4.69) is 15.2 Å². The first-order chi connectivity index (χ1) is 12.8. The molecular formula is C14H18N5O7P. The topological polar surface area (TPSA) is 182 Å². The van der Waals surface area contributed by atoms with Gasteiger partial charge in [-0.3, -0.25) is 4.79 Å². The molecule has 0 saturated carbocycles. The molecule has 1 saturated heterocycles. The molecular weight excluding hydrogens is 381 g/mol. The minimum Gasteiger partial charge on any atom is -0.413 e. The zero-order chi connectivity index (χ0) is 19.6. The Morgan fingerprint density at radius 3 is 2.67 bits per heavy atom. The number of para-hydroxylation sites is 1. The van der Waals surface area contributed by atoms with Crippen LogP contribution < -0.4 is 15.3 Å². The van der Waals surface area contributed by atoms with Gasteiger partial charge in [0.15, 0.2) is 6.23 Å². The summed E-state index contributed by atoms with van der Waals surface area (Å²) in [5.74, 6) is -0.958. The van der Waals surface area contributed by atoms with Gasteiger partial charge in [-0.05, 0) is 12.1 Å². The van der Waals surface area contributed by atoms with Crippen molar-refractivity contribution in [1.29, 1.82) is 0 Å². The van der Waals surface area contributed by atoms with Crippen LogP contribution in [0.2, 0.25) is 0 Å². The van der Waals surface area contributed by atoms with Crippen molar-refractivity contribution in [2.24, 2.45) is 5.73 Å². The molecule has 1 amide bonds. The van der Waals surface area contributed by atoms with E-state index in [1.807, 2.05) is 0 Å². The van der Waals surface area contributed by atoms with Crippen LogP contribution in [0, 0.1) is 0 Å². The van der Waals surface area contributed by atoms with Crippen molar-refractivity contribution in [3.8, 4) is 5.75 Å². The van der Waals surface area contributed by atoms with E-state index in [9.17, 15) is 24.5 Å². The Bertz CT molecular complexity index is 847. The van der Waals surface area contributed by atoms with Crippen molar-refractivity contribution < 1.29 is 33.7 Å². The third-order valence-corrected chi connectivity index (χ3v) is 4.83. The van der Waals surface area contributed by atoms with E-state index in [-0.39, 0.29) is 18.1 Å². The summed E-state index contributed by atoms with van der Waals surface area (Å²) < 4.78 is 23.6. The Labute approximate surface area is 153 Å². The molecule has 1 fully saturated rings. The van der Waals surface area contributed by atoms with Crippen molar-refractivity contribution in [2.45, 2.75) is 24.5 Å². The van der Waals surface area contributed by atoms with Crippen LogP contribution in [0.25, 0.3) is 0 Å². The minimum atomic E-state index is -4.23. The second-order valence-electron chi connectivity index (χ2n) is 5.75. The lowest BCUT2D eigenvalue weighted by Crippen LogP contribution is -2.37. The van der Waals surface area contributed by atoms with Gasteiger partial charge in [0.05, 0.1) is 0 Å². The number of nitrogens with two attached hydrogens (primary N) is 1. The van der Waals surface area contributed by atoms with Gasteiger partial charge in [-0.15, -0.1) is 5.10 Å². The van der Waals surface area contributed by atoms with Crippen molar-refractivity contribution in [3.63, 3.8) is 0 Å².